The summed E-state index contributed by atoms with van der Waals surface area (Å²) >= 11 is 0. The van der Waals surface area contributed by atoms with Crippen molar-refractivity contribution >= 4 is 9.84 Å². The molecule has 1 saturated heterocycles. The zero-order valence-corrected chi connectivity index (χ0v) is 9.79. The molecule has 90 valence electrons. The lowest BCUT2D eigenvalue weighted by atomic mass is 10.3. The second-order valence-corrected chi connectivity index (χ2v) is 5.96. The molecule has 0 saturated carbocycles. The molecule has 0 spiro atoms. The van der Waals surface area contributed by atoms with Crippen molar-refractivity contribution in [2.45, 2.75) is 25.6 Å². The Morgan fingerprint density at radius 2 is 2.13 bits per heavy atom. The molecule has 2 atom stereocenters. The molecule has 5 nitrogen and oxygen atoms in total. The van der Waals surface area contributed by atoms with Crippen LogP contribution in [0.5, 0.6) is 0 Å². The number of hydrogen-bond acceptors (Lipinski definition) is 5. The molecule has 0 aliphatic carbocycles. The van der Waals surface area contributed by atoms with Crippen molar-refractivity contribution in [3.63, 3.8) is 0 Å². The molecule has 1 aliphatic rings. The minimum absolute atomic E-state index is 0.0536. The lowest BCUT2D eigenvalue weighted by Crippen LogP contribution is -2.30. The van der Waals surface area contributed by atoms with Gasteiger partial charge in [0.25, 0.3) is 0 Å². The number of hydrogen-bond donors (Lipinski definition) is 2. The predicted molar refractivity (Wildman–Crippen MR) is 57.6 cm³/mol. The molecule has 0 radical (unpaired) electrons. The summed E-state index contributed by atoms with van der Waals surface area (Å²) in [4.78, 5) is 0. The molecule has 15 heavy (non-hydrogen) atoms. The van der Waals surface area contributed by atoms with Gasteiger partial charge in [-0.1, -0.05) is 6.92 Å². The zero-order chi connectivity index (χ0) is 11.3. The molecule has 1 aliphatic heterocycles. The molecule has 1 heterocycles. The van der Waals surface area contributed by atoms with Gasteiger partial charge in [-0.25, -0.2) is 8.42 Å². The van der Waals surface area contributed by atoms with E-state index in [1.807, 2.05) is 0 Å². The zero-order valence-electron chi connectivity index (χ0n) is 8.98. The van der Waals surface area contributed by atoms with Crippen LogP contribution in [-0.4, -0.2) is 56.9 Å². The summed E-state index contributed by atoms with van der Waals surface area (Å²) in [5.74, 6) is -0.220. The standard InChI is InChI=1S/C9H19NO4S/c1-2-3-10-4-5-14-9-7-15(12,13)6-8(9)11/h8-11H,2-7H2,1H3. The molecule has 0 aromatic rings. The first-order valence-corrected chi connectivity index (χ1v) is 7.08. The van der Waals surface area contributed by atoms with E-state index < -0.39 is 22.0 Å². The highest BCUT2D eigenvalue weighted by molar-refractivity contribution is 7.91. The summed E-state index contributed by atoms with van der Waals surface area (Å²) < 4.78 is 27.6. The van der Waals surface area contributed by atoms with Crippen molar-refractivity contribution in [1.82, 2.24) is 5.32 Å². The van der Waals surface area contributed by atoms with Crippen LogP contribution < -0.4 is 5.32 Å². The van der Waals surface area contributed by atoms with Crippen molar-refractivity contribution in [3.8, 4) is 0 Å². The Hall–Kier alpha value is -0.170. The van der Waals surface area contributed by atoms with Gasteiger partial charge in [-0.3, -0.25) is 0 Å². The molecule has 0 amide bonds. The van der Waals surface area contributed by atoms with E-state index in [-0.39, 0.29) is 11.5 Å². The maximum absolute atomic E-state index is 11.1. The third-order valence-electron chi connectivity index (χ3n) is 2.31. The van der Waals surface area contributed by atoms with Crippen molar-refractivity contribution in [3.05, 3.63) is 0 Å². The number of aliphatic hydroxyl groups excluding tert-OH is 1. The fraction of sp³-hybridized carbons (Fsp3) is 1.00. The van der Waals surface area contributed by atoms with E-state index >= 15 is 0 Å². The van der Waals surface area contributed by atoms with Crippen LogP contribution in [-0.2, 0) is 14.6 Å². The van der Waals surface area contributed by atoms with E-state index in [1.54, 1.807) is 0 Å². The lowest BCUT2D eigenvalue weighted by Gasteiger charge is -2.13. The largest absolute Gasteiger partial charge is 0.389 e. The Kier molecular flexibility index (Phi) is 4.98. The average Bonchev–Trinajstić information content (AvgIpc) is 2.39. The topological polar surface area (TPSA) is 75.6 Å². The average molecular weight is 237 g/mol. The second kappa shape index (κ2) is 5.79. The van der Waals surface area contributed by atoms with Gasteiger partial charge in [0.1, 0.15) is 0 Å². The lowest BCUT2D eigenvalue weighted by molar-refractivity contribution is -0.00600. The molecule has 6 heteroatoms. The molecule has 0 bridgehead atoms. The Balaban J connectivity index is 2.17. The van der Waals surface area contributed by atoms with Crippen molar-refractivity contribution in [2.24, 2.45) is 0 Å². The summed E-state index contributed by atoms with van der Waals surface area (Å²) in [6, 6.07) is 0. The maximum Gasteiger partial charge on any atom is 0.155 e. The maximum atomic E-state index is 11.1. The van der Waals surface area contributed by atoms with Crippen LogP contribution in [0.2, 0.25) is 0 Å². The van der Waals surface area contributed by atoms with E-state index in [4.69, 9.17) is 4.74 Å². The van der Waals surface area contributed by atoms with Gasteiger partial charge < -0.3 is 15.2 Å². The van der Waals surface area contributed by atoms with E-state index in [9.17, 15) is 13.5 Å². The Morgan fingerprint density at radius 1 is 1.40 bits per heavy atom. The monoisotopic (exact) mass is 237 g/mol. The molecule has 0 aromatic heterocycles. The molecule has 1 fully saturated rings. The molecule has 0 aromatic carbocycles. The van der Waals surface area contributed by atoms with Gasteiger partial charge in [-0.15, -0.1) is 0 Å². The van der Waals surface area contributed by atoms with Gasteiger partial charge >= 0.3 is 0 Å². The summed E-state index contributed by atoms with van der Waals surface area (Å²) in [6.45, 7) is 4.13. The van der Waals surface area contributed by atoms with Gasteiger partial charge in [0, 0.05) is 6.54 Å². The number of sulfone groups is 1. The van der Waals surface area contributed by atoms with Crippen LogP contribution in [0.15, 0.2) is 0 Å². The number of rotatable bonds is 6. The summed E-state index contributed by atoms with van der Waals surface area (Å²) in [5.41, 5.74) is 0. The minimum Gasteiger partial charge on any atom is -0.389 e. The van der Waals surface area contributed by atoms with Crippen LogP contribution in [0, 0.1) is 0 Å². The normalized spacial score (nSPS) is 29.5. The van der Waals surface area contributed by atoms with Crippen LogP contribution >= 0.6 is 0 Å². The fourth-order valence-electron chi connectivity index (χ4n) is 1.54. The third-order valence-corrected chi connectivity index (χ3v) is 4.00. The van der Waals surface area contributed by atoms with Crippen LogP contribution in [0.3, 0.4) is 0 Å². The SMILES string of the molecule is CCCNCCOC1CS(=O)(=O)CC1O. The molecule has 1 rings (SSSR count). The van der Waals surface area contributed by atoms with Gasteiger partial charge in [-0.05, 0) is 13.0 Å². The smallest absolute Gasteiger partial charge is 0.155 e. The Labute approximate surface area is 90.7 Å². The fourth-order valence-corrected chi connectivity index (χ4v) is 3.23. The summed E-state index contributed by atoms with van der Waals surface area (Å²) in [6.07, 6.45) is -0.347. The van der Waals surface area contributed by atoms with Gasteiger partial charge in [0.15, 0.2) is 9.84 Å². The van der Waals surface area contributed by atoms with E-state index in [0.29, 0.717) is 13.2 Å². The van der Waals surface area contributed by atoms with Crippen molar-refractivity contribution in [1.29, 1.82) is 0 Å². The Bertz CT molecular complexity index is 278. The van der Waals surface area contributed by atoms with Gasteiger partial charge in [-0.2, -0.15) is 0 Å². The minimum atomic E-state index is -3.09. The number of ether oxygens (including phenoxy) is 1. The number of aliphatic hydroxyl groups is 1. The second-order valence-electron chi connectivity index (χ2n) is 3.80. The highest BCUT2D eigenvalue weighted by Gasteiger charge is 2.36. The predicted octanol–water partition coefficient (Wildman–Crippen LogP) is -0.839. The van der Waals surface area contributed by atoms with Crippen LogP contribution in [0.1, 0.15) is 13.3 Å². The molecular formula is C9H19NO4S. The summed E-state index contributed by atoms with van der Waals surface area (Å²) in [5, 5.41) is 12.5. The first-order chi connectivity index (χ1) is 7.05. The van der Waals surface area contributed by atoms with Gasteiger partial charge in [0.2, 0.25) is 0 Å². The Morgan fingerprint density at radius 3 is 2.67 bits per heavy atom. The van der Waals surface area contributed by atoms with Crippen LogP contribution in [0.25, 0.3) is 0 Å². The third kappa shape index (κ3) is 4.46. The van der Waals surface area contributed by atoms with E-state index in [2.05, 4.69) is 12.2 Å². The summed E-state index contributed by atoms with van der Waals surface area (Å²) in [7, 11) is -3.09. The highest BCUT2D eigenvalue weighted by Crippen LogP contribution is 2.15. The first-order valence-electron chi connectivity index (χ1n) is 5.26. The van der Waals surface area contributed by atoms with Crippen LogP contribution in [0.4, 0.5) is 0 Å². The van der Waals surface area contributed by atoms with E-state index in [0.717, 1.165) is 13.0 Å². The number of nitrogens with one attached hydrogen (secondary N) is 1. The van der Waals surface area contributed by atoms with Crippen molar-refractivity contribution < 1.29 is 18.3 Å². The molecule has 2 unspecified atom stereocenters. The molecule has 2 N–H and O–H groups in total. The van der Waals surface area contributed by atoms with Crippen molar-refractivity contribution in [2.75, 3.05) is 31.2 Å². The first kappa shape index (κ1) is 12.9. The van der Waals surface area contributed by atoms with Gasteiger partial charge in [0.05, 0.1) is 30.3 Å². The van der Waals surface area contributed by atoms with E-state index in [1.165, 1.54) is 0 Å². The highest BCUT2D eigenvalue weighted by atomic mass is 32.2. The molecular weight excluding hydrogens is 218 g/mol. The quantitative estimate of drug-likeness (QED) is 0.589.